The Hall–Kier alpha value is -1.89. The summed E-state index contributed by atoms with van der Waals surface area (Å²) in [5, 5.41) is 2.87. The summed E-state index contributed by atoms with van der Waals surface area (Å²) >= 11 is 1.56. The van der Waals surface area contributed by atoms with Crippen molar-refractivity contribution in [1.29, 1.82) is 0 Å². The van der Waals surface area contributed by atoms with Crippen LogP contribution in [0.1, 0.15) is 40.7 Å². The number of ether oxygens (including phenoxy) is 1. The molecule has 0 aliphatic heterocycles. The van der Waals surface area contributed by atoms with Gasteiger partial charge in [0.25, 0.3) is 0 Å². The molecule has 2 N–H and O–H groups in total. The summed E-state index contributed by atoms with van der Waals surface area (Å²) in [6.07, 6.45) is 2.57. The first-order chi connectivity index (χ1) is 9.10. The largest absolute Gasteiger partial charge is 0.464 e. The predicted octanol–water partition coefficient (Wildman–Crippen LogP) is 2.02. The maximum atomic E-state index is 11.6. The lowest BCUT2D eigenvalue weighted by molar-refractivity contribution is 0.0595. The molecule has 0 bridgehead atoms. The number of rotatable bonds is 4. The standard InChI is InChI=1S/C12H16N4O2S/c1-4-8(11-14-5-6-19-11)16-7(2)15-9(10(16)13)12(17)18-3/h5-6,8H,4,13H2,1-3H3. The Kier molecular flexibility index (Phi) is 3.84. The fraction of sp³-hybridized carbons (Fsp3) is 0.417. The van der Waals surface area contributed by atoms with E-state index < -0.39 is 5.97 Å². The summed E-state index contributed by atoms with van der Waals surface area (Å²) in [6, 6.07) is -0.00842. The van der Waals surface area contributed by atoms with Crippen LogP contribution >= 0.6 is 11.3 Å². The first kappa shape index (κ1) is 13.5. The first-order valence-electron chi connectivity index (χ1n) is 5.92. The van der Waals surface area contributed by atoms with Gasteiger partial charge in [0.1, 0.15) is 16.6 Å². The number of thiazole rings is 1. The van der Waals surface area contributed by atoms with Crippen LogP contribution in [0, 0.1) is 6.92 Å². The van der Waals surface area contributed by atoms with Crippen molar-refractivity contribution in [2.24, 2.45) is 0 Å². The second kappa shape index (κ2) is 5.40. The van der Waals surface area contributed by atoms with Crippen molar-refractivity contribution in [2.75, 3.05) is 12.8 Å². The molecule has 1 atom stereocenters. The van der Waals surface area contributed by atoms with E-state index in [9.17, 15) is 4.79 Å². The molecule has 0 radical (unpaired) electrons. The molecule has 2 aromatic rings. The number of nitrogens with zero attached hydrogens (tertiary/aromatic N) is 3. The van der Waals surface area contributed by atoms with Gasteiger partial charge in [-0.05, 0) is 13.3 Å². The Morgan fingerprint density at radius 3 is 2.89 bits per heavy atom. The number of nitrogens with two attached hydrogens (primary N) is 1. The monoisotopic (exact) mass is 280 g/mol. The van der Waals surface area contributed by atoms with Gasteiger partial charge in [-0.3, -0.25) is 0 Å². The van der Waals surface area contributed by atoms with Crippen LogP contribution in [0.4, 0.5) is 5.82 Å². The molecule has 1 unspecified atom stereocenters. The number of hydrogen-bond acceptors (Lipinski definition) is 6. The number of aromatic nitrogens is 3. The van der Waals surface area contributed by atoms with Crippen LogP contribution in [0.25, 0.3) is 0 Å². The van der Waals surface area contributed by atoms with Crippen LogP contribution in [0.2, 0.25) is 0 Å². The molecule has 2 rings (SSSR count). The number of esters is 1. The van der Waals surface area contributed by atoms with Crippen molar-refractivity contribution in [1.82, 2.24) is 14.5 Å². The number of carbonyl (C=O) groups is 1. The summed E-state index contributed by atoms with van der Waals surface area (Å²) < 4.78 is 6.52. The van der Waals surface area contributed by atoms with Gasteiger partial charge in [-0.2, -0.15) is 0 Å². The van der Waals surface area contributed by atoms with Crippen LogP contribution in [-0.2, 0) is 4.74 Å². The van der Waals surface area contributed by atoms with E-state index in [0.29, 0.717) is 11.6 Å². The van der Waals surface area contributed by atoms with Crippen molar-refractivity contribution in [2.45, 2.75) is 26.3 Å². The lowest BCUT2D eigenvalue weighted by Crippen LogP contribution is -2.15. The zero-order valence-corrected chi connectivity index (χ0v) is 11.9. The van der Waals surface area contributed by atoms with E-state index in [-0.39, 0.29) is 11.7 Å². The van der Waals surface area contributed by atoms with Crippen molar-refractivity contribution in [3.05, 3.63) is 28.1 Å². The van der Waals surface area contributed by atoms with Gasteiger partial charge < -0.3 is 15.0 Å². The molecule has 6 nitrogen and oxygen atoms in total. The molecule has 0 amide bonds. The quantitative estimate of drug-likeness (QED) is 0.866. The molecule has 7 heteroatoms. The summed E-state index contributed by atoms with van der Waals surface area (Å²) in [6.45, 7) is 3.86. The maximum Gasteiger partial charge on any atom is 0.360 e. The fourth-order valence-electron chi connectivity index (χ4n) is 2.07. The van der Waals surface area contributed by atoms with E-state index in [1.807, 2.05) is 23.8 Å². The van der Waals surface area contributed by atoms with E-state index in [4.69, 9.17) is 5.73 Å². The second-order valence-electron chi connectivity index (χ2n) is 4.05. The number of aryl methyl sites for hydroxylation is 1. The third kappa shape index (κ3) is 2.33. The van der Waals surface area contributed by atoms with Gasteiger partial charge in [-0.1, -0.05) is 6.92 Å². The van der Waals surface area contributed by atoms with Crippen LogP contribution in [0.15, 0.2) is 11.6 Å². The number of carbonyl (C=O) groups excluding carboxylic acids is 1. The molecule has 0 fully saturated rings. The van der Waals surface area contributed by atoms with E-state index in [2.05, 4.69) is 14.7 Å². The maximum absolute atomic E-state index is 11.6. The summed E-state index contributed by atoms with van der Waals surface area (Å²) in [4.78, 5) is 20.1. The van der Waals surface area contributed by atoms with Crippen LogP contribution < -0.4 is 5.73 Å². The highest BCUT2D eigenvalue weighted by atomic mass is 32.1. The molecule has 0 saturated carbocycles. The van der Waals surface area contributed by atoms with Crippen molar-refractivity contribution < 1.29 is 9.53 Å². The molecular formula is C12H16N4O2S. The minimum atomic E-state index is -0.520. The molecule has 2 heterocycles. The highest BCUT2D eigenvalue weighted by Crippen LogP contribution is 2.29. The van der Waals surface area contributed by atoms with Crippen LogP contribution in [0.3, 0.4) is 0 Å². The Balaban J connectivity index is 2.50. The summed E-state index contributed by atoms with van der Waals surface area (Å²) in [7, 11) is 1.31. The molecule has 102 valence electrons. The number of methoxy groups -OCH3 is 1. The molecule has 0 aromatic carbocycles. The van der Waals surface area contributed by atoms with Gasteiger partial charge in [0.05, 0.1) is 13.2 Å². The topological polar surface area (TPSA) is 83.0 Å². The Morgan fingerprint density at radius 2 is 2.37 bits per heavy atom. The molecule has 0 aliphatic rings. The molecule has 0 saturated heterocycles. The predicted molar refractivity (Wildman–Crippen MR) is 73.3 cm³/mol. The minimum absolute atomic E-state index is 0.00842. The highest BCUT2D eigenvalue weighted by molar-refractivity contribution is 7.09. The highest BCUT2D eigenvalue weighted by Gasteiger charge is 2.25. The van der Waals surface area contributed by atoms with Crippen molar-refractivity contribution in [3.8, 4) is 0 Å². The van der Waals surface area contributed by atoms with Crippen LogP contribution in [-0.4, -0.2) is 27.6 Å². The van der Waals surface area contributed by atoms with Gasteiger partial charge in [0.15, 0.2) is 5.69 Å². The van der Waals surface area contributed by atoms with Crippen molar-refractivity contribution >= 4 is 23.1 Å². The van der Waals surface area contributed by atoms with Crippen LogP contribution in [0.5, 0.6) is 0 Å². The lowest BCUT2D eigenvalue weighted by Gasteiger charge is -2.17. The minimum Gasteiger partial charge on any atom is -0.464 e. The second-order valence-corrected chi connectivity index (χ2v) is 4.97. The van der Waals surface area contributed by atoms with E-state index in [1.54, 1.807) is 17.5 Å². The first-order valence-corrected chi connectivity index (χ1v) is 6.80. The van der Waals surface area contributed by atoms with E-state index >= 15 is 0 Å². The molecular weight excluding hydrogens is 264 g/mol. The molecule has 0 aliphatic carbocycles. The third-order valence-electron chi connectivity index (χ3n) is 2.94. The zero-order chi connectivity index (χ0) is 14.0. The van der Waals surface area contributed by atoms with Gasteiger partial charge in [0, 0.05) is 11.6 Å². The Bertz CT molecular complexity index is 577. The SMILES string of the molecule is CCC(c1nccs1)n1c(C)nc(C(=O)OC)c1N. The van der Waals surface area contributed by atoms with E-state index in [0.717, 1.165) is 11.4 Å². The number of anilines is 1. The third-order valence-corrected chi connectivity index (χ3v) is 3.81. The lowest BCUT2D eigenvalue weighted by atomic mass is 10.2. The summed E-state index contributed by atoms with van der Waals surface area (Å²) in [5.41, 5.74) is 6.20. The molecule has 0 spiro atoms. The zero-order valence-electron chi connectivity index (χ0n) is 11.1. The Morgan fingerprint density at radius 1 is 1.63 bits per heavy atom. The average Bonchev–Trinajstić information content (AvgIpc) is 3.02. The van der Waals surface area contributed by atoms with Gasteiger partial charge in [-0.25, -0.2) is 14.8 Å². The normalized spacial score (nSPS) is 12.4. The fourth-order valence-corrected chi connectivity index (χ4v) is 2.88. The number of imidazole rings is 1. The average molecular weight is 280 g/mol. The van der Waals surface area contributed by atoms with Gasteiger partial charge >= 0.3 is 5.97 Å². The summed E-state index contributed by atoms with van der Waals surface area (Å²) in [5.74, 6) is 0.486. The van der Waals surface area contributed by atoms with Crippen molar-refractivity contribution in [3.63, 3.8) is 0 Å². The molecule has 2 aromatic heterocycles. The van der Waals surface area contributed by atoms with Gasteiger partial charge in [-0.15, -0.1) is 11.3 Å². The molecule has 19 heavy (non-hydrogen) atoms. The number of hydrogen-bond donors (Lipinski definition) is 1. The number of nitrogen functional groups attached to an aromatic ring is 1. The Labute approximate surface area is 115 Å². The van der Waals surface area contributed by atoms with E-state index in [1.165, 1.54) is 7.11 Å². The smallest absolute Gasteiger partial charge is 0.360 e. The van der Waals surface area contributed by atoms with Gasteiger partial charge in [0.2, 0.25) is 0 Å².